The number of ether oxygens (including phenoxy) is 1. The number of benzene rings is 1. The van der Waals surface area contributed by atoms with Gasteiger partial charge in [0.15, 0.2) is 0 Å². The highest BCUT2D eigenvalue weighted by Gasteiger charge is 1.98. The second-order valence-corrected chi connectivity index (χ2v) is 3.16. The molecular weight excluding hydrogens is 204 g/mol. The summed E-state index contributed by atoms with van der Waals surface area (Å²) in [6.45, 7) is 3.89. The first-order valence-corrected chi connectivity index (χ1v) is 4.92. The van der Waals surface area contributed by atoms with E-state index in [0.717, 1.165) is 11.8 Å². The molecule has 0 spiro atoms. The van der Waals surface area contributed by atoms with Gasteiger partial charge in [0.2, 0.25) is 0 Å². The molecule has 0 saturated heterocycles. The molecule has 16 heavy (non-hydrogen) atoms. The molecule has 0 N–H and O–H groups in total. The Kier molecular flexibility index (Phi) is 4.28. The molecule has 3 nitrogen and oxygen atoms in total. The lowest BCUT2D eigenvalue weighted by atomic mass is 10.1. The quantitative estimate of drug-likeness (QED) is 0.429. The predicted molar refractivity (Wildman–Crippen MR) is 60.1 cm³/mol. The molecule has 1 aromatic rings. The Morgan fingerprint density at radius 1 is 1.50 bits per heavy atom. The van der Waals surface area contributed by atoms with Crippen molar-refractivity contribution >= 4 is 12.3 Å². The van der Waals surface area contributed by atoms with Crippen LogP contribution >= 0.6 is 0 Å². The average molecular weight is 216 g/mol. The molecule has 0 unspecified atom stereocenters. The van der Waals surface area contributed by atoms with E-state index in [1.54, 1.807) is 25.1 Å². The molecule has 0 aromatic heterocycles. The van der Waals surface area contributed by atoms with Gasteiger partial charge in [-0.15, -0.1) is 0 Å². The summed E-state index contributed by atoms with van der Waals surface area (Å²) in [6, 6.07) is 5.14. The first-order valence-electron chi connectivity index (χ1n) is 4.92. The molecule has 0 bridgehead atoms. The van der Waals surface area contributed by atoms with E-state index in [9.17, 15) is 9.59 Å². The summed E-state index contributed by atoms with van der Waals surface area (Å²) >= 11 is 0. The van der Waals surface area contributed by atoms with Crippen LogP contribution in [0.15, 0.2) is 18.2 Å². The van der Waals surface area contributed by atoms with Crippen LogP contribution in [0.4, 0.5) is 0 Å². The van der Waals surface area contributed by atoms with Crippen molar-refractivity contribution in [3.05, 3.63) is 34.9 Å². The SMILES string of the molecule is CCOC(=O)C#Cc1cc(C=O)ccc1C. The summed E-state index contributed by atoms with van der Waals surface area (Å²) in [5.74, 6) is 4.50. The fourth-order valence-electron chi connectivity index (χ4n) is 1.13. The van der Waals surface area contributed by atoms with Gasteiger partial charge in [0.1, 0.15) is 6.29 Å². The molecule has 0 amide bonds. The molecule has 0 saturated carbocycles. The average Bonchev–Trinajstić information content (AvgIpc) is 2.28. The number of carbonyl (C=O) groups excluding carboxylic acids is 2. The maximum atomic E-state index is 11.0. The number of aryl methyl sites for hydroxylation is 1. The minimum absolute atomic E-state index is 0.306. The Bertz CT molecular complexity index is 464. The van der Waals surface area contributed by atoms with Crippen LogP contribution in [-0.2, 0) is 9.53 Å². The molecule has 3 heteroatoms. The third-order valence-corrected chi connectivity index (χ3v) is 1.97. The van der Waals surface area contributed by atoms with Crippen LogP contribution in [0, 0.1) is 18.8 Å². The molecule has 0 aliphatic heterocycles. The molecule has 0 fully saturated rings. The van der Waals surface area contributed by atoms with Gasteiger partial charge in [-0.2, -0.15) is 0 Å². The summed E-state index contributed by atoms with van der Waals surface area (Å²) in [4.78, 5) is 21.6. The van der Waals surface area contributed by atoms with Crippen molar-refractivity contribution < 1.29 is 14.3 Å². The van der Waals surface area contributed by atoms with Gasteiger partial charge in [0.25, 0.3) is 0 Å². The van der Waals surface area contributed by atoms with Gasteiger partial charge in [-0.25, -0.2) is 4.79 Å². The lowest BCUT2D eigenvalue weighted by Crippen LogP contribution is -1.99. The number of aldehydes is 1. The lowest BCUT2D eigenvalue weighted by molar-refractivity contribution is -0.136. The molecule has 0 aliphatic carbocycles. The Morgan fingerprint density at radius 3 is 2.88 bits per heavy atom. The zero-order valence-corrected chi connectivity index (χ0v) is 9.24. The first kappa shape index (κ1) is 12.0. The molecule has 0 heterocycles. The number of esters is 1. The van der Waals surface area contributed by atoms with E-state index in [1.165, 1.54) is 0 Å². The van der Waals surface area contributed by atoms with E-state index in [0.29, 0.717) is 17.7 Å². The van der Waals surface area contributed by atoms with Gasteiger partial charge in [-0.1, -0.05) is 18.1 Å². The third-order valence-electron chi connectivity index (χ3n) is 1.97. The number of hydrogen-bond donors (Lipinski definition) is 0. The van der Waals surface area contributed by atoms with Crippen LogP contribution < -0.4 is 0 Å². The van der Waals surface area contributed by atoms with E-state index < -0.39 is 5.97 Å². The van der Waals surface area contributed by atoms with Crippen molar-refractivity contribution in [2.75, 3.05) is 6.61 Å². The Hall–Kier alpha value is -2.08. The summed E-state index contributed by atoms with van der Waals surface area (Å²) in [5.41, 5.74) is 2.12. The fourth-order valence-corrected chi connectivity index (χ4v) is 1.13. The zero-order chi connectivity index (χ0) is 12.0. The topological polar surface area (TPSA) is 43.4 Å². The van der Waals surface area contributed by atoms with Crippen molar-refractivity contribution in [2.24, 2.45) is 0 Å². The maximum Gasteiger partial charge on any atom is 0.384 e. The van der Waals surface area contributed by atoms with Crippen LogP contribution in [0.2, 0.25) is 0 Å². The highest BCUT2D eigenvalue weighted by molar-refractivity contribution is 5.89. The monoisotopic (exact) mass is 216 g/mol. The van der Waals surface area contributed by atoms with Crippen LogP contribution in [0.1, 0.15) is 28.4 Å². The van der Waals surface area contributed by atoms with Crippen molar-refractivity contribution in [1.82, 2.24) is 0 Å². The van der Waals surface area contributed by atoms with Gasteiger partial charge in [-0.3, -0.25) is 4.79 Å². The van der Waals surface area contributed by atoms with Crippen molar-refractivity contribution in [3.8, 4) is 11.8 Å². The summed E-state index contributed by atoms with van der Waals surface area (Å²) < 4.78 is 4.68. The number of carbonyl (C=O) groups is 2. The van der Waals surface area contributed by atoms with Crippen molar-refractivity contribution in [3.63, 3.8) is 0 Å². The van der Waals surface area contributed by atoms with E-state index in [1.807, 2.05) is 6.92 Å². The van der Waals surface area contributed by atoms with Crippen LogP contribution in [0.3, 0.4) is 0 Å². The zero-order valence-electron chi connectivity index (χ0n) is 9.24. The Balaban J connectivity index is 2.95. The van der Waals surface area contributed by atoms with E-state index in [-0.39, 0.29) is 0 Å². The minimum atomic E-state index is -0.557. The lowest BCUT2D eigenvalue weighted by Gasteiger charge is -1.98. The molecule has 0 atom stereocenters. The van der Waals surface area contributed by atoms with Gasteiger partial charge < -0.3 is 4.74 Å². The Morgan fingerprint density at radius 2 is 2.25 bits per heavy atom. The second kappa shape index (κ2) is 5.72. The normalized spacial score (nSPS) is 8.88. The maximum absolute atomic E-state index is 11.0. The standard InChI is InChI=1S/C13H12O3/c1-3-16-13(15)7-6-12-8-11(9-14)5-4-10(12)2/h4-5,8-9H,3H2,1-2H3. The van der Waals surface area contributed by atoms with Gasteiger partial charge >= 0.3 is 5.97 Å². The van der Waals surface area contributed by atoms with Crippen molar-refractivity contribution in [2.45, 2.75) is 13.8 Å². The van der Waals surface area contributed by atoms with Crippen LogP contribution in [0.25, 0.3) is 0 Å². The molecule has 1 rings (SSSR count). The van der Waals surface area contributed by atoms with Crippen LogP contribution in [-0.4, -0.2) is 18.9 Å². The molecule has 0 radical (unpaired) electrons. The fraction of sp³-hybridized carbons (Fsp3) is 0.231. The van der Waals surface area contributed by atoms with Crippen molar-refractivity contribution in [1.29, 1.82) is 0 Å². The largest absolute Gasteiger partial charge is 0.456 e. The highest BCUT2D eigenvalue weighted by Crippen LogP contribution is 2.08. The molecular formula is C13H12O3. The van der Waals surface area contributed by atoms with E-state index >= 15 is 0 Å². The van der Waals surface area contributed by atoms with Gasteiger partial charge in [-0.05, 0) is 25.5 Å². The summed E-state index contributed by atoms with van der Waals surface area (Å²) in [6.07, 6.45) is 0.745. The first-order chi connectivity index (χ1) is 7.67. The number of hydrogen-bond acceptors (Lipinski definition) is 3. The summed E-state index contributed by atoms with van der Waals surface area (Å²) in [7, 11) is 0. The predicted octanol–water partition coefficient (Wildman–Crippen LogP) is 1.72. The molecule has 1 aromatic carbocycles. The van der Waals surface area contributed by atoms with Crippen LogP contribution in [0.5, 0.6) is 0 Å². The second-order valence-electron chi connectivity index (χ2n) is 3.16. The third kappa shape index (κ3) is 3.25. The minimum Gasteiger partial charge on any atom is -0.456 e. The van der Waals surface area contributed by atoms with E-state index in [2.05, 4.69) is 16.6 Å². The summed E-state index contributed by atoms with van der Waals surface area (Å²) in [5, 5.41) is 0. The number of rotatable bonds is 2. The molecule has 0 aliphatic rings. The van der Waals surface area contributed by atoms with Gasteiger partial charge in [0, 0.05) is 17.0 Å². The Labute approximate surface area is 94.4 Å². The van der Waals surface area contributed by atoms with E-state index in [4.69, 9.17) is 0 Å². The highest BCUT2D eigenvalue weighted by atomic mass is 16.5. The van der Waals surface area contributed by atoms with Gasteiger partial charge in [0.05, 0.1) is 6.61 Å². The molecule has 82 valence electrons. The smallest absolute Gasteiger partial charge is 0.384 e.